The Morgan fingerprint density at radius 1 is 1.00 bits per heavy atom. The summed E-state index contributed by atoms with van der Waals surface area (Å²) in [6.07, 6.45) is 6.81. The highest BCUT2D eigenvalue weighted by Gasteiger charge is 2.48. The first-order chi connectivity index (χ1) is 5.86. The lowest BCUT2D eigenvalue weighted by atomic mass is 9.61. The average Bonchev–Trinajstić information content (AvgIpc) is 2.02. The van der Waals surface area contributed by atoms with Gasteiger partial charge >= 0.3 is 0 Å². The van der Waals surface area contributed by atoms with Gasteiger partial charge in [-0.15, -0.1) is 0 Å². The molecule has 2 aliphatic heterocycles. The van der Waals surface area contributed by atoms with Gasteiger partial charge in [0, 0.05) is 5.92 Å². The highest BCUT2D eigenvalue weighted by atomic mass is 16.5. The fourth-order valence-corrected chi connectivity index (χ4v) is 3.47. The van der Waals surface area contributed by atoms with Gasteiger partial charge in [-0.2, -0.15) is 0 Å². The summed E-state index contributed by atoms with van der Waals surface area (Å²) in [7, 11) is 0. The Morgan fingerprint density at radius 2 is 1.50 bits per heavy atom. The maximum Gasteiger partial charge on any atom is 0.123 e. The quantitative estimate of drug-likeness (QED) is 0.550. The number of hydrogen-bond acceptors (Lipinski definition) is 2. The molecule has 2 saturated heterocycles. The van der Waals surface area contributed by atoms with E-state index in [-0.39, 0.29) is 0 Å². The van der Waals surface area contributed by atoms with E-state index in [0.717, 1.165) is 25.7 Å². The molecule has 12 heavy (non-hydrogen) atoms. The van der Waals surface area contributed by atoms with E-state index < -0.39 is 0 Å². The topological polar surface area (TPSA) is 26.3 Å². The Hall–Kier alpha value is -0.370. The van der Waals surface area contributed by atoms with Crippen LogP contribution in [0.5, 0.6) is 0 Å². The summed E-state index contributed by atoms with van der Waals surface area (Å²) in [5, 5.41) is 0. The zero-order chi connectivity index (χ0) is 8.13. The highest BCUT2D eigenvalue weighted by Crippen LogP contribution is 2.50. The van der Waals surface area contributed by atoms with Crippen molar-refractivity contribution in [1.82, 2.24) is 0 Å². The van der Waals surface area contributed by atoms with Gasteiger partial charge < -0.3 is 9.53 Å². The lowest BCUT2D eigenvalue weighted by Gasteiger charge is -2.52. The first kappa shape index (κ1) is 7.07. The van der Waals surface area contributed by atoms with Gasteiger partial charge in [0.05, 0.1) is 12.2 Å². The molecule has 2 nitrogen and oxygen atoms in total. The van der Waals surface area contributed by atoms with Crippen LogP contribution in [0.15, 0.2) is 0 Å². The normalized spacial score (nSPS) is 55.8. The summed E-state index contributed by atoms with van der Waals surface area (Å²) in [5.41, 5.74) is 0. The zero-order valence-electron chi connectivity index (χ0n) is 7.11. The predicted molar refractivity (Wildman–Crippen MR) is 43.7 cm³/mol. The fourth-order valence-electron chi connectivity index (χ4n) is 3.47. The van der Waals surface area contributed by atoms with E-state index in [4.69, 9.17) is 4.74 Å². The molecule has 2 saturated carbocycles. The lowest BCUT2D eigenvalue weighted by molar-refractivity contribution is -0.178. The molecule has 4 fully saturated rings. The van der Waals surface area contributed by atoms with Gasteiger partial charge in [-0.05, 0) is 37.5 Å². The van der Waals surface area contributed by atoms with Crippen molar-refractivity contribution in [2.75, 3.05) is 0 Å². The Labute approximate surface area is 72.3 Å². The third-order valence-electron chi connectivity index (χ3n) is 3.89. The predicted octanol–water partition coefficient (Wildman–Crippen LogP) is 1.39. The van der Waals surface area contributed by atoms with Gasteiger partial charge in [0.25, 0.3) is 0 Å². The van der Waals surface area contributed by atoms with Crippen molar-refractivity contribution < 1.29 is 9.53 Å². The summed E-state index contributed by atoms with van der Waals surface area (Å²) in [5.74, 6) is 1.71. The maximum atomic E-state index is 10.9. The van der Waals surface area contributed by atoms with Crippen molar-refractivity contribution in [3.8, 4) is 0 Å². The molecular weight excluding hydrogens is 152 g/mol. The van der Waals surface area contributed by atoms with Crippen LogP contribution in [0, 0.1) is 17.8 Å². The highest BCUT2D eigenvalue weighted by molar-refractivity contribution is 5.55. The Balaban J connectivity index is 1.90. The molecule has 0 amide bonds. The molecule has 2 heterocycles. The smallest absolute Gasteiger partial charge is 0.123 e. The van der Waals surface area contributed by atoms with Gasteiger partial charge in [0.2, 0.25) is 0 Å². The van der Waals surface area contributed by atoms with Gasteiger partial charge in [-0.25, -0.2) is 0 Å². The molecule has 0 N–H and O–H groups in total. The molecule has 0 unspecified atom stereocenters. The molecule has 4 bridgehead atoms. The van der Waals surface area contributed by atoms with Crippen LogP contribution < -0.4 is 0 Å². The summed E-state index contributed by atoms with van der Waals surface area (Å²) in [6, 6.07) is 0. The van der Waals surface area contributed by atoms with Crippen molar-refractivity contribution in [3.05, 3.63) is 0 Å². The average molecular weight is 166 g/mol. The van der Waals surface area contributed by atoms with Crippen molar-refractivity contribution in [2.45, 2.75) is 37.9 Å². The Kier molecular flexibility index (Phi) is 1.37. The van der Waals surface area contributed by atoms with Gasteiger partial charge in [0.1, 0.15) is 6.29 Å². The van der Waals surface area contributed by atoms with E-state index in [0.29, 0.717) is 30.0 Å². The molecule has 0 radical (unpaired) electrons. The first-order valence-electron chi connectivity index (χ1n) is 4.97. The number of rotatable bonds is 1. The van der Waals surface area contributed by atoms with Crippen LogP contribution in [-0.2, 0) is 9.53 Å². The van der Waals surface area contributed by atoms with Crippen LogP contribution in [0.2, 0.25) is 0 Å². The third kappa shape index (κ3) is 0.817. The molecule has 0 aromatic heterocycles. The molecule has 66 valence electrons. The Morgan fingerprint density at radius 3 is 1.92 bits per heavy atom. The summed E-state index contributed by atoms with van der Waals surface area (Å²) < 4.78 is 5.80. The molecule has 2 heteroatoms. The number of hydrogen-bond donors (Lipinski definition) is 0. The zero-order valence-corrected chi connectivity index (χ0v) is 7.11. The van der Waals surface area contributed by atoms with Crippen LogP contribution in [0.4, 0.5) is 0 Å². The second kappa shape index (κ2) is 2.32. The SMILES string of the molecule is O=CC1C2CC3CC1CC(C2)O3. The van der Waals surface area contributed by atoms with Gasteiger partial charge in [-0.1, -0.05) is 0 Å². The van der Waals surface area contributed by atoms with Crippen LogP contribution in [0.25, 0.3) is 0 Å². The third-order valence-corrected chi connectivity index (χ3v) is 3.89. The summed E-state index contributed by atoms with van der Waals surface area (Å²) >= 11 is 0. The second-order valence-corrected chi connectivity index (χ2v) is 4.56. The van der Waals surface area contributed by atoms with E-state index in [1.54, 1.807) is 0 Å². The standard InChI is InChI=1S/C10H14O2/c11-5-10-6-1-8-3-7(10)4-9(2-6)12-8/h5-10H,1-4H2. The van der Waals surface area contributed by atoms with E-state index in [2.05, 4.69) is 0 Å². The molecule has 0 aromatic carbocycles. The monoisotopic (exact) mass is 166 g/mol. The van der Waals surface area contributed by atoms with E-state index >= 15 is 0 Å². The molecule has 4 rings (SSSR count). The molecule has 0 aromatic rings. The minimum atomic E-state index is 0.376. The summed E-state index contributed by atoms with van der Waals surface area (Å²) in [6.45, 7) is 0. The van der Waals surface area contributed by atoms with Gasteiger partial charge in [-0.3, -0.25) is 0 Å². The molecule has 4 aliphatic rings. The first-order valence-corrected chi connectivity index (χ1v) is 4.97. The maximum absolute atomic E-state index is 10.9. The lowest BCUT2D eigenvalue weighted by Crippen LogP contribution is -2.51. The molecular formula is C10H14O2. The number of carbonyl (C=O) groups is 1. The summed E-state index contributed by atoms with van der Waals surface area (Å²) in [4.78, 5) is 10.9. The number of aldehydes is 1. The number of carbonyl (C=O) groups excluding carboxylic acids is 1. The van der Waals surface area contributed by atoms with E-state index in [9.17, 15) is 4.79 Å². The Bertz CT molecular complexity index is 184. The molecule has 0 atom stereocenters. The van der Waals surface area contributed by atoms with E-state index in [1.807, 2.05) is 0 Å². The van der Waals surface area contributed by atoms with Crippen molar-refractivity contribution in [3.63, 3.8) is 0 Å². The largest absolute Gasteiger partial charge is 0.375 e. The van der Waals surface area contributed by atoms with E-state index in [1.165, 1.54) is 6.29 Å². The minimum Gasteiger partial charge on any atom is -0.375 e. The number of ether oxygens (including phenoxy) is 1. The van der Waals surface area contributed by atoms with Crippen molar-refractivity contribution in [2.24, 2.45) is 17.8 Å². The minimum absolute atomic E-state index is 0.376. The van der Waals surface area contributed by atoms with Crippen LogP contribution in [0.3, 0.4) is 0 Å². The van der Waals surface area contributed by atoms with Crippen LogP contribution in [-0.4, -0.2) is 18.5 Å². The van der Waals surface area contributed by atoms with Crippen LogP contribution >= 0.6 is 0 Å². The van der Waals surface area contributed by atoms with Crippen LogP contribution in [0.1, 0.15) is 25.7 Å². The molecule has 0 spiro atoms. The second-order valence-electron chi connectivity index (χ2n) is 4.56. The van der Waals surface area contributed by atoms with Crippen molar-refractivity contribution >= 4 is 6.29 Å². The van der Waals surface area contributed by atoms with Gasteiger partial charge in [0.15, 0.2) is 0 Å². The fraction of sp³-hybridized carbons (Fsp3) is 0.900. The molecule has 2 aliphatic carbocycles. The van der Waals surface area contributed by atoms with Crippen molar-refractivity contribution in [1.29, 1.82) is 0 Å².